The molecule has 0 saturated carbocycles. The molecular weight excluding hydrogens is 639 g/mol. The number of fused-ring (bicyclic) bond motifs is 8. The topological polar surface area (TPSA) is 38.7 Å². The average molecular weight is 674 g/mol. The summed E-state index contributed by atoms with van der Waals surface area (Å²) in [6.45, 7) is 2.33. The van der Waals surface area contributed by atoms with Gasteiger partial charge in [-0.1, -0.05) is 152 Å². The van der Waals surface area contributed by atoms with Crippen LogP contribution >= 0.6 is 11.8 Å². The second-order valence-corrected chi connectivity index (χ2v) is 15.0. The molecule has 3 aliphatic carbocycles. The molecule has 51 heavy (non-hydrogen) atoms. The van der Waals surface area contributed by atoms with Gasteiger partial charge in [0.2, 0.25) is 0 Å². The average Bonchev–Trinajstić information content (AvgIpc) is 3.48. The summed E-state index contributed by atoms with van der Waals surface area (Å²) in [4.78, 5) is 17.7. The van der Waals surface area contributed by atoms with Crippen LogP contribution in [0.2, 0.25) is 0 Å². The molecule has 4 heteroatoms. The van der Waals surface area contributed by atoms with E-state index in [2.05, 4.69) is 122 Å². The number of aromatic nitrogens is 3. The van der Waals surface area contributed by atoms with Crippen molar-refractivity contribution in [2.24, 2.45) is 5.92 Å². The number of hydrogen-bond acceptors (Lipinski definition) is 4. The van der Waals surface area contributed by atoms with Crippen LogP contribution in [0.25, 0.3) is 39.5 Å². The Bertz CT molecular complexity index is 2390. The third-order valence-electron chi connectivity index (χ3n) is 11.0. The normalized spacial score (nSPS) is 18.0. The lowest BCUT2D eigenvalue weighted by Gasteiger charge is -2.41. The van der Waals surface area contributed by atoms with Crippen molar-refractivity contribution in [1.29, 1.82) is 0 Å². The summed E-state index contributed by atoms with van der Waals surface area (Å²) in [5, 5.41) is 0. The molecule has 0 bridgehead atoms. The number of allylic oxidation sites excluding steroid dienone is 8. The summed E-state index contributed by atoms with van der Waals surface area (Å²) < 4.78 is 0. The van der Waals surface area contributed by atoms with E-state index in [1.165, 1.54) is 48.8 Å². The molecule has 6 aromatic rings. The quantitative estimate of drug-likeness (QED) is 0.187. The van der Waals surface area contributed by atoms with E-state index in [4.69, 9.17) is 15.0 Å². The predicted octanol–water partition coefficient (Wildman–Crippen LogP) is 11.6. The molecule has 0 amide bonds. The molecule has 2 heterocycles. The minimum atomic E-state index is -0.266. The number of hydrogen-bond donors (Lipinski definition) is 0. The first kappa shape index (κ1) is 30.3. The van der Waals surface area contributed by atoms with Crippen molar-refractivity contribution in [2.75, 3.05) is 0 Å². The molecule has 0 radical (unpaired) electrons. The van der Waals surface area contributed by atoms with Crippen molar-refractivity contribution in [1.82, 2.24) is 15.0 Å². The Morgan fingerprint density at radius 3 is 1.86 bits per heavy atom. The molecule has 0 saturated heterocycles. The van der Waals surface area contributed by atoms with E-state index in [1.807, 2.05) is 48.2 Å². The summed E-state index contributed by atoms with van der Waals surface area (Å²) in [6.07, 6.45) is 12.3. The lowest BCUT2D eigenvalue weighted by Crippen LogP contribution is -2.33. The molecule has 3 nitrogen and oxygen atoms in total. The van der Waals surface area contributed by atoms with E-state index < -0.39 is 0 Å². The van der Waals surface area contributed by atoms with Gasteiger partial charge in [-0.25, -0.2) is 15.0 Å². The Morgan fingerprint density at radius 1 is 0.608 bits per heavy atom. The molecule has 4 aliphatic rings. The van der Waals surface area contributed by atoms with E-state index in [9.17, 15) is 0 Å². The van der Waals surface area contributed by atoms with Crippen LogP contribution in [0.15, 0.2) is 167 Å². The number of rotatable bonds is 4. The highest BCUT2D eigenvalue weighted by Crippen LogP contribution is 2.63. The molecule has 1 spiro atoms. The van der Waals surface area contributed by atoms with Crippen LogP contribution in [-0.2, 0) is 5.41 Å². The third-order valence-corrected chi connectivity index (χ3v) is 12.1. The van der Waals surface area contributed by atoms with Gasteiger partial charge in [0.25, 0.3) is 0 Å². The van der Waals surface area contributed by atoms with Gasteiger partial charge in [-0.3, -0.25) is 0 Å². The molecule has 1 aliphatic heterocycles. The monoisotopic (exact) mass is 673 g/mol. The smallest absolute Gasteiger partial charge is 0.164 e. The maximum atomic E-state index is 5.03. The van der Waals surface area contributed by atoms with Gasteiger partial charge in [-0.15, -0.1) is 0 Å². The maximum Gasteiger partial charge on any atom is 0.164 e. The Kier molecular flexibility index (Phi) is 7.14. The highest BCUT2D eigenvalue weighted by Gasteiger charge is 2.51. The highest BCUT2D eigenvalue weighted by molar-refractivity contribution is 7.99. The van der Waals surface area contributed by atoms with Crippen LogP contribution in [-0.4, -0.2) is 15.0 Å². The number of nitrogens with zero attached hydrogens (tertiary/aromatic N) is 3. The molecule has 5 aromatic carbocycles. The first-order valence-corrected chi connectivity index (χ1v) is 18.7. The van der Waals surface area contributed by atoms with Gasteiger partial charge in [0, 0.05) is 20.9 Å². The van der Waals surface area contributed by atoms with E-state index in [0.717, 1.165) is 41.8 Å². The van der Waals surface area contributed by atoms with Crippen molar-refractivity contribution in [3.63, 3.8) is 0 Å². The Hall–Kier alpha value is -5.58. The molecule has 1 atom stereocenters. The zero-order valence-electron chi connectivity index (χ0n) is 28.4. The molecule has 1 unspecified atom stereocenters. The van der Waals surface area contributed by atoms with Crippen LogP contribution in [0.4, 0.5) is 0 Å². The van der Waals surface area contributed by atoms with Gasteiger partial charge in [0.1, 0.15) is 0 Å². The Morgan fingerprint density at radius 2 is 1.22 bits per heavy atom. The van der Waals surface area contributed by atoms with E-state index in [-0.39, 0.29) is 5.41 Å². The largest absolute Gasteiger partial charge is 0.209 e. The minimum Gasteiger partial charge on any atom is -0.209 e. The molecule has 10 rings (SSSR count). The lowest BCUT2D eigenvalue weighted by molar-refractivity contribution is 0.664. The second kappa shape index (κ2) is 12.0. The summed E-state index contributed by atoms with van der Waals surface area (Å²) >= 11 is 1.91. The maximum absolute atomic E-state index is 5.03. The van der Waals surface area contributed by atoms with Crippen molar-refractivity contribution in [3.05, 3.63) is 191 Å². The summed E-state index contributed by atoms with van der Waals surface area (Å²) in [6, 6.07) is 45.9. The first-order valence-electron chi connectivity index (χ1n) is 17.9. The minimum absolute atomic E-state index is 0.266. The van der Waals surface area contributed by atoms with Gasteiger partial charge in [-0.2, -0.15) is 0 Å². The molecule has 1 aromatic heterocycles. The highest BCUT2D eigenvalue weighted by atomic mass is 32.2. The van der Waals surface area contributed by atoms with Crippen LogP contribution in [0.3, 0.4) is 0 Å². The van der Waals surface area contributed by atoms with Gasteiger partial charge in [0.05, 0.1) is 5.41 Å². The molecular formula is C47H35N3S. The second-order valence-electron chi connectivity index (χ2n) is 13.9. The van der Waals surface area contributed by atoms with Gasteiger partial charge in [0.15, 0.2) is 17.5 Å². The van der Waals surface area contributed by atoms with Crippen LogP contribution < -0.4 is 0 Å². The first-order chi connectivity index (χ1) is 25.2. The fourth-order valence-corrected chi connectivity index (χ4v) is 9.91. The van der Waals surface area contributed by atoms with E-state index in [0.29, 0.717) is 17.6 Å². The van der Waals surface area contributed by atoms with Crippen LogP contribution in [0.5, 0.6) is 0 Å². The zero-order chi connectivity index (χ0) is 33.9. The zero-order valence-corrected chi connectivity index (χ0v) is 29.2. The van der Waals surface area contributed by atoms with Gasteiger partial charge >= 0.3 is 0 Å². The Balaban J connectivity index is 1.09. The fraction of sp³-hybridized carbons (Fsp3) is 0.128. The molecule has 244 valence electrons. The van der Waals surface area contributed by atoms with Crippen molar-refractivity contribution >= 4 is 28.5 Å². The van der Waals surface area contributed by atoms with Gasteiger partial charge < -0.3 is 0 Å². The van der Waals surface area contributed by atoms with Crippen molar-refractivity contribution in [3.8, 4) is 22.8 Å². The summed E-state index contributed by atoms with van der Waals surface area (Å²) in [5.41, 5.74) is 14.1. The van der Waals surface area contributed by atoms with E-state index >= 15 is 0 Å². The van der Waals surface area contributed by atoms with Crippen molar-refractivity contribution in [2.45, 2.75) is 41.4 Å². The third kappa shape index (κ3) is 4.77. The van der Waals surface area contributed by atoms with Crippen molar-refractivity contribution < 1.29 is 0 Å². The van der Waals surface area contributed by atoms with E-state index in [1.54, 1.807) is 5.57 Å². The SMILES string of the molecule is CC1CC(c2nc(-c3ccccc3)nc(-c3ccccc3)n2)=CC=C1c1ccc2c(c1)C1=C(CCC=C1)C21c2ccccc2Sc2ccccc21. The Labute approximate surface area is 303 Å². The standard InChI is InChI=1S/C47H35N3S/c1-30-28-34(46-49-44(31-14-4-2-5-15-31)48-45(50-46)32-16-6-3-7-17-32)24-26-35(30)33-25-27-39-37(29-33)36-18-8-9-19-38(36)47(39)40-20-10-12-22-42(40)51-43-23-13-11-21-41(43)47/h2-8,10-18,20-27,29-30H,9,19,28H2,1H3. The van der Waals surface area contributed by atoms with Gasteiger partial charge in [-0.05, 0) is 93.5 Å². The van der Waals surface area contributed by atoms with Crippen LogP contribution in [0.1, 0.15) is 59.8 Å². The molecule has 0 N–H and O–H groups in total. The lowest BCUT2D eigenvalue weighted by atomic mass is 9.65. The van der Waals surface area contributed by atoms with Crippen LogP contribution in [0, 0.1) is 5.92 Å². The summed E-state index contributed by atoms with van der Waals surface area (Å²) in [5.74, 6) is 2.43. The summed E-state index contributed by atoms with van der Waals surface area (Å²) in [7, 11) is 0. The predicted molar refractivity (Wildman–Crippen MR) is 209 cm³/mol. The fourth-order valence-electron chi connectivity index (χ4n) is 8.71. The number of benzene rings is 5. The molecule has 0 fully saturated rings.